The summed E-state index contributed by atoms with van der Waals surface area (Å²) in [5.74, 6) is 2.34. The van der Waals surface area contributed by atoms with Gasteiger partial charge >= 0.3 is 0 Å². The van der Waals surface area contributed by atoms with Crippen LogP contribution in [0.3, 0.4) is 0 Å². The molecule has 3 rings (SSSR count). The van der Waals surface area contributed by atoms with E-state index in [-0.39, 0.29) is 10.8 Å². The predicted octanol–water partition coefficient (Wildman–Crippen LogP) is 5.69. The summed E-state index contributed by atoms with van der Waals surface area (Å²) in [7, 11) is 3.55. The Kier molecular flexibility index (Phi) is 3.78. The van der Waals surface area contributed by atoms with Crippen molar-refractivity contribution in [3.63, 3.8) is 0 Å². The van der Waals surface area contributed by atoms with Crippen LogP contribution < -0.4 is 9.47 Å². The Balaban J connectivity index is 2.31. The third kappa shape index (κ3) is 2.21. The van der Waals surface area contributed by atoms with Crippen molar-refractivity contribution in [3.05, 3.63) is 28.3 Å². The number of hydrogen-bond acceptors (Lipinski definition) is 2. The Labute approximate surface area is 140 Å². The first-order valence-corrected chi connectivity index (χ1v) is 8.78. The van der Waals surface area contributed by atoms with Crippen LogP contribution in [0.2, 0.25) is 0 Å². The Morgan fingerprint density at radius 1 is 1.04 bits per heavy atom. The summed E-state index contributed by atoms with van der Waals surface area (Å²) in [6, 6.07) is 2.28. The highest BCUT2D eigenvalue weighted by molar-refractivity contribution is 5.78. The van der Waals surface area contributed by atoms with Gasteiger partial charge < -0.3 is 9.47 Å². The van der Waals surface area contributed by atoms with Crippen molar-refractivity contribution in [2.45, 2.75) is 65.2 Å². The summed E-state index contributed by atoms with van der Waals surface area (Å²) in [5, 5.41) is 0. The normalized spacial score (nSPS) is 25.0. The molecule has 0 saturated heterocycles. The summed E-state index contributed by atoms with van der Waals surface area (Å²) >= 11 is 0. The smallest absolute Gasteiger partial charge is 0.133 e. The van der Waals surface area contributed by atoms with E-state index in [1.807, 2.05) is 0 Å². The lowest BCUT2D eigenvalue weighted by Crippen LogP contribution is -2.35. The fourth-order valence-electron chi connectivity index (χ4n) is 4.88. The summed E-state index contributed by atoms with van der Waals surface area (Å²) in [4.78, 5) is 0. The van der Waals surface area contributed by atoms with E-state index in [4.69, 9.17) is 9.47 Å². The summed E-state index contributed by atoms with van der Waals surface area (Å²) < 4.78 is 11.6. The van der Waals surface area contributed by atoms with Gasteiger partial charge in [-0.25, -0.2) is 0 Å². The molecule has 0 N–H and O–H groups in total. The van der Waals surface area contributed by atoms with E-state index in [2.05, 4.69) is 46.8 Å². The van der Waals surface area contributed by atoms with Crippen LogP contribution in [0.25, 0.3) is 6.08 Å². The molecule has 0 unspecified atom stereocenters. The van der Waals surface area contributed by atoms with Gasteiger partial charge in [0.1, 0.15) is 11.5 Å². The van der Waals surface area contributed by atoms with Crippen molar-refractivity contribution in [3.8, 4) is 11.5 Å². The Morgan fingerprint density at radius 2 is 1.74 bits per heavy atom. The molecule has 1 saturated carbocycles. The van der Waals surface area contributed by atoms with Gasteiger partial charge in [0.15, 0.2) is 0 Å². The molecule has 2 heteroatoms. The van der Waals surface area contributed by atoms with E-state index >= 15 is 0 Å². The van der Waals surface area contributed by atoms with Gasteiger partial charge in [0.05, 0.1) is 14.2 Å². The van der Waals surface area contributed by atoms with Crippen molar-refractivity contribution in [1.82, 2.24) is 0 Å². The third-order valence-corrected chi connectivity index (χ3v) is 6.01. The Hall–Kier alpha value is -1.44. The van der Waals surface area contributed by atoms with Crippen molar-refractivity contribution in [1.29, 1.82) is 0 Å². The molecule has 23 heavy (non-hydrogen) atoms. The van der Waals surface area contributed by atoms with Crippen LogP contribution in [0.5, 0.6) is 11.5 Å². The van der Waals surface area contributed by atoms with Crippen LogP contribution in [0.1, 0.15) is 76.5 Å². The molecule has 2 aliphatic rings. The average molecular weight is 314 g/mol. The molecule has 1 aromatic rings. The van der Waals surface area contributed by atoms with Crippen molar-refractivity contribution >= 4 is 6.08 Å². The lowest BCUT2D eigenvalue weighted by Gasteiger charge is -2.44. The molecule has 0 aliphatic heterocycles. The minimum Gasteiger partial charge on any atom is -0.496 e. The van der Waals surface area contributed by atoms with Gasteiger partial charge in [-0.1, -0.05) is 52.7 Å². The number of fused-ring (bicyclic) bond motifs is 3. The van der Waals surface area contributed by atoms with Gasteiger partial charge in [0.2, 0.25) is 0 Å². The van der Waals surface area contributed by atoms with Gasteiger partial charge in [0, 0.05) is 16.5 Å². The second-order valence-electron chi connectivity index (χ2n) is 8.27. The van der Waals surface area contributed by atoms with Crippen LogP contribution in [-0.2, 0) is 5.41 Å². The molecule has 0 bridgehead atoms. The van der Waals surface area contributed by atoms with Gasteiger partial charge in [-0.3, -0.25) is 0 Å². The van der Waals surface area contributed by atoms with E-state index < -0.39 is 0 Å². The summed E-state index contributed by atoms with van der Waals surface area (Å²) in [6.45, 7) is 11.6. The fraction of sp³-hybridized carbons (Fsp3) is 0.619. The Morgan fingerprint density at radius 3 is 2.30 bits per heavy atom. The number of rotatable bonds is 3. The standard InChI is InChI=1S/C21H30O2/c1-13(2)18-16(22-6)12-15-14(19(18)23-7)11-17-20(3,4)9-8-10-21(15,17)5/h11-13H,8-10H2,1-7H3/t21-/m1/s1. The Bertz CT molecular complexity index is 667. The lowest BCUT2D eigenvalue weighted by atomic mass is 9.60. The number of ether oxygens (including phenoxy) is 2. The molecule has 1 fully saturated rings. The monoisotopic (exact) mass is 314 g/mol. The predicted molar refractivity (Wildman–Crippen MR) is 96.6 cm³/mol. The van der Waals surface area contributed by atoms with Gasteiger partial charge in [0.25, 0.3) is 0 Å². The average Bonchev–Trinajstić information content (AvgIpc) is 2.79. The van der Waals surface area contributed by atoms with E-state index in [0.29, 0.717) is 5.92 Å². The third-order valence-electron chi connectivity index (χ3n) is 6.01. The molecule has 0 spiro atoms. The zero-order valence-electron chi connectivity index (χ0n) is 15.7. The highest BCUT2D eigenvalue weighted by atomic mass is 16.5. The first-order chi connectivity index (χ1) is 10.8. The minimum atomic E-state index is 0.118. The molecule has 2 aliphatic carbocycles. The summed E-state index contributed by atoms with van der Waals surface area (Å²) in [5.41, 5.74) is 5.79. The van der Waals surface area contributed by atoms with E-state index in [1.165, 1.54) is 36.0 Å². The zero-order chi connectivity index (χ0) is 17.0. The van der Waals surface area contributed by atoms with Crippen LogP contribution >= 0.6 is 0 Å². The van der Waals surface area contributed by atoms with Gasteiger partial charge in [-0.2, -0.15) is 0 Å². The zero-order valence-corrected chi connectivity index (χ0v) is 15.7. The van der Waals surface area contributed by atoms with Gasteiger partial charge in [-0.15, -0.1) is 0 Å². The first-order valence-electron chi connectivity index (χ1n) is 8.78. The van der Waals surface area contributed by atoms with Crippen molar-refractivity contribution in [2.75, 3.05) is 14.2 Å². The van der Waals surface area contributed by atoms with Crippen LogP contribution in [0.4, 0.5) is 0 Å². The van der Waals surface area contributed by atoms with Crippen LogP contribution in [0, 0.1) is 5.41 Å². The molecule has 0 radical (unpaired) electrons. The molecule has 126 valence electrons. The molecule has 1 atom stereocenters. The summed E-state index contributed by atoms with van der Waals surface area (Å²) in [6.07, 6.45) is 6.16. The minimum absolute atomic E-state index is 0.118. The molecule has 2 nitrogen and oxygen atoms in total. The van der Waals surface area contributed by atoms with E-state index in [9.17, 15) is 0 Å². The largest absolute Gasteiger partial charge is 0.496 e. The van der Waals surface area contributed by atoms with Gasteiger partial charge in [-0.05, 0) is 35.8 Å². The molecule has 0 heterocycles. The highest BCUT2D eigenvalue weighted by Crippen LogP contribution is 2.59. The van der Waals surface area contributed by atoms with Crippen LogP contribution in [-0.4, -0.2) is 14.2 Å². The highest BCUT2D eigenvalue weighted by Gasteiger charge is 2.48. The number of benzene rings is 1. The lowest BCUT2D eigenvalue weighted by molar-refractivity contribution is 0.265. The molecule has 1 aromatic carbocycles. The molecule has 0 amide bonds. The molecular formula is C21H30O2. The molecular weight excluding hydrogens is 284 g/mol. The number of methoxy groups -OCH3 is 2. The van der Waals surface area contributed by atoms with Crippen LogP contribution in [0.15, 0.2) is 11.6 Å². The maximum atomic E-state index is 5.89. The number of hydrogen-bond donors (Lipinski definition) is 0. The second kappa shape index (κ2) is 5.29. The fourth-order valence-corrected chi connectivity index (χ4v) is 4.88. The van der Waals surface area contributed by atoms with E-state index in [1.54, 1.807) is 19.8 Å². The van der Waals surface area contributed by atoms with Crippen molar-refractivity contribution in [2.24, 2.45) is 5.41 Å². The van der Waals surface area contributed by atoms with E-state index in [0.717, 1.165) is 11.5 Å². The maximum Gasteiger partial charge on any atom is 0.133 e. The second-order valence-corrected chi connectivity index (χ2v) is 8.27. The molecule has 0 aromatic heterocycles. The SMILES string of the molecule is COc1cc2c(c(OC)c1C(C)C)C=C1C(C)(C)CCC[C@@]12C. The first kappa shape index (κ1) is 16.4. The van der Waals surface area contributed by atoms with Crippen molar-refractivity contribution < 1.29 is 9.47 Å². The maximum absolute atomic E-state index is 5.89. The topological polar surface area (TPSA) is 18.5 Å². The quantitative estimate of drug-likeness (QED) is 0.713. The number of allylic oxidation sites excluding steroid dienone is 1.